The largest absolute Gasteiger partial charge is 0.359 e. The summed E-state index contributed by atoms with van der Waals surface area (Å²) in [6, 6.07) is 0. The van der Waals surface area contributed by atoms with Gasteiger partial charge in [-0.2, -0.15) is 0 Å². The molecule has 0 amide bonds. The van der Waals surface area contributed by atoms with Gasteiger partial charge < -0.3 is 25.5 Å². The van der Waals surface area contributed by atoms with Crippen molar-refractivity contribution in [1.82, 2.24) is 0 Å². The Balaban J connectivity index is 3.30. The summed E-state index contributed by atoms with van der Waals surface area (Å²) in [6.45, 7) is 2.22. The molecule has 0 fully saturated rings. The van der Waals surface area contributed by atoms with Crippen LogP contribution in [0, 0.1) is 0 Å². The van der Waals surface area contributed by atoms with Crippen LogP contribution >= 0.6 is 0 Å². The van der Waals surface area contributed by atoms with Crippen molar-refractivity contribution < 1.29 is 25.5 Å². The van der Waals surface area contributed by atoms with Crippen LogP contribution in [0.25, 0.3) is 0 Å². The summed E-state index contributed by atoms with van der Waals surface area (Å²) in [5.41, 5.74) is 0. The Morgan fingerprint density at radius 3 is 1.19 bits per heavy atom. The molecule has 0 saturated carbocycles. The minimum atomic E-state index is -3.45. The number of unbranched alkanes of at least 4 members (excludes halogenated alkanes) is 11. The molecule has 0 rings (SSSR count). The van der Waals surface area contributed by atoms with Crippen LogP contribution < -0.4 is 0 Å². The minimum absolute atomic E-state index is 0.256. The lowest BCUT2D eigenvalue weighted by molar-refractivity contribution is -0.447. The van der Waals surface area contributed by atoms with E-state index in [9.17, 15) is 10.2 Å². The summed E-state index contributed by atoms with van der Waals surface area (Å²) in [4.78, 5) is 0. The van der Waals surface area contributed by atoms with Crippen molar-refractivity contribution in [3.8, 4) is 0 Å². The van der Waals surface area contributed by atoms with Crippen LogP contribution in [0.15, 0.2) is 0 Å². The second-order valence-corrected chi connectivity index (χ2v) is 6.09. The Kier molecular flexibility index (Phi) is 11.3. The topological polar surface area (TPSA) is 101 Å². The molecule has 0 aromatic carbocycles. The molecule has 0 aliphatic carbocycles. The van der Waals surface area contributed by atoms with Gasteiger partial charge in [-0.05, 0) is 6.42 Å². The summed E-state index contributed by atoms with van der Waals surface area (Å²) in [5.74, 6) is -6.31. The van der Waals surface area contributed by atoms with Crippen LogP contribution in [0.4, 0.5) is 0 Å². The molecule has 0 aliphatic heterocycles. The van der Waals surface area contributed by atoms with E-state index in [1.54, 1.807) is 0 Å². The van der Waals surface area contributed by atoms with Gasteiger partial charge in [-0.25, -0.2) is 0 Å². The maximum atomic E-state index is 9.22. The van der Waals surface area contributed by atoms with Gasteiger partial charge in [-0.15, -0.1) is 0 Å². The number of hydrogen-bond donors (Lipinski definition) is 5. The molecular formula is C16H34O5. The van der Waals surface area contributed by atoms with Gasteiger partial charge in [0.1, 0.15) is 0 Å². The maximum Gasteiger partial charge on any atom is 0.332 e. The molecule has 0 aliphatic rings. The highest BCUT2D eigenvalue weighted by Gasteiger charge is 2.45. The highest BCUT2D eigenvalue weighted by Crippen LogP contribution is 2.22. The predicted molar refractivity (Wildman–Crippen MR) is 82.3 cm³/mol. The van der Waals surface area contributed by atoms with E-state index in [-0.39, 0.29) is 6.42 Å². The second kappa shape index (κ2) is 11.4. The SMILES string of the molecule is CCCCCCCCCCCCCCC(O)(O)C(O)(O)O. The van der Waals surface area contributed by atoms with Crippen molar-refractivity contribution >= 4 is 0 Å². The maximum absolute atomic E-state index is 9.22. The normalized spacial score (nSPS) is 12.9. The number of aliphatic hydroxyl groups is 5. The molecule has 0 radical (unpaired) electrons. The molecule has 0 saturated heterocycles. The third kappa shape index (κ3) is 11.1. The summed E-state index contributed by atoms with van der Waals surface area (Å²) in [5, 5.41) is 44.6. The van der Waals surface area contributed by atoms with E-state index in [1.165, 1.54) is 51.4 Å². The van der Waals surface area contributed by atoms with Crippen molar-refractivity contribution in [2.75, 3.05) is 0 Å². The molecule has 0 unspecified atom stereocenters. The minimum Gasteiger partial charge on any atom is -0.359 e. The first-order valence-corrected chi connectivity index (χ1v) is 8.43. The highest BCUT2D eigenvalue weighted by molar-refractivity contribution is 4.72. The molecule has 128 valence electrons. The fourth-order valence-corrected chi connectivity index (χ4v) is 2.38. The fraction of sp³-hybridized carbons (Fsp3) is 1.00. The van der Waals surface area contributed by atoms with Gasteiger partial charge in [0.05, 0.1) is 0 Å². The van der Waals surface area contributed by atoms with E-state index in [0.29, 0.717) is 6.42 Å². The zero-order valence-electron chi connectivity index (χ0n) is 13.4. The Bertz CT molecular complexity index is 235. The van der Waals surface area contributed by atoms with Gasteiger partial charge in [-0.1, -0.05) is 77.6 Å². The van der Waals surface area contributed by atoms with Crippen LogP contribution in [0.2, 0.25) is 0 Å². The molecule has 0 heterocycles. The third-order valence-corrected chi connectivity index (χ3v) is 3.92. The molecule has 0 aromatic heterocycles. The Hall–Kier alpha value is -0.200. The first kappa shape index (κ1) is 20.8. The lowest BCUT2D eigenvalue weighted by Crippen LogP contribution is -2.54. The standard InChI is InChI=1S/C16H34O5/c1-2-3-4-5-6-7-8-9-10-11-12-13-14-15(17,18)16(19,20)21/h17-21H,2-14H2,1H3. The van der Waals surface area contributed by atoms with Crippen LogP contribution in [0.5, 0.6) is 0 Å². The number of hydrogen-bond acceptors (Lipinski definition) is 5. The van der Waals surface area contributed by atoms with Crippen molar-refractivity contribution in [2.24, 2.45) is 0 Å². The van der Waals surface area contributed by atoms with Crippen LogP contribution in [0.1, 0.15) is 90.4 Å². The molecule has 5 N–H and O–H groups in total. The summed E-state index contributed by atoms with van der Waals surface area (Å²) in [6.07, 6.45) is 13.5. The Morgan fingerprint density at radius 2 is 0.857 bits per heavy atom. The van der Waals surface area contributed by atoms with Crippen LogP contribution in [0.3, 0.4) is 0 Å². The summed E-state index contributed by atoms with van der Waals surface area (Å²) >= 11 is 0. The van der Waals surface area contributed by atoms with Crippen molar-refractivity contribution in [3.63, 3.8) is 0 Å². The molecule has 5 nitrogen and oxygen atoms in total. The molecule has 0 spiro atoms. The molecule has 0 atom stereocenters. The highest BCUT2D eigenvalue weighted by atomic mass is 16.7. The van der Waals surface area contributed by atoms with Gasteiger partial charge in [-0.3, -0.25) is 0 Å². The van der Waals surface area contributed by atoms with E-state index < -0.39 is 11.8 Å². The second-order valence-electron chi connectivity index (χ2n) is 6.09. The average molecular weight is 306 g/mol. The lowest BCUT2D eigenvalue weighted by atomic mass is 10.0. The monoisotopic (exact) mass is 306 g/mol. The van der Waals surface area contributed by atoms with E-state index >= 15 is 0 Å². The predicted octanol–water partition coefficient (Wildman–Crippen LogP) is 2.39. The van der Waals surface area contributed by atoms with Crippen molar-refractivity contribution in [3.05, 3.63) is 0 Å². The molecule has 21 heavy (non-hydrogen) atoms. The van der Waals surface area contributed by atoms with E-state index in [2.05, 4.69) is 6.92 Å². The first-order valence-electron chi connectivity index (χ1n) is 8.43. The van der Waals surface area contributed by atoms with E-state index in [0.717, 1.165) is 19.3 Å². The van der Waals surface area contributed by atoms with Crippen LogP contribution in [-0.2, 0) is 0 Å². The zero-order valence-corrected chi connectivity index (χ0v) is 13.4. The Labute approximate surface area is 128 Å². The first-order chi connectivity index (χ1) is 9.81. The van der Waals surface area contributed by atoms with E-state index in [1.807, 2.05) is 0 Å². The molecule has 5 heteroatoms. The van der Waals surface area contributed by atoms with Crippen molar-refractivity contribution in [2.45, 2.75) is 102 Å². The molecule has 0 aromatic rings. The zero-order chi connectivity index (χ0) is 16.2. The summed E-state index contributed by atoms with van der Waals surface area (Å²) in [7, 11) is 0. The molecular weight excluding hydrogens is 272 g/mol. The lowest BCUT2D eigenvalue weighted by Gasteiger charge is -2.29. The van der Waals surface area contributed by atoms with Crippen LogP contribution in [-0.4, -0.2) is 37.3 Å². The Morgan fingerprint density at radius 1 is 0.524 bits per heavy atom. The van der Waals surface area contributed by atoms with Gasteiger partial charge >= 0.3 is 5.97 Å². The fourth-order valence-electron chi connectivity index (χ4n) is 2.38. The number of rotatable bonds is 14. The molecule has 0 bridgehead atoms. The smallest absolute Gasteiger partial charge is 0.332 e. The third-order valence-electron chi connectivity index (χ3n) is 3.92. The van der Waals surface area contributed by atoms with Crippen molar-refractivity contribution in [1.29, 1.82) is 0 Å². The van der Waals surface area contributed by atoms with Gasteiger partial charge in [0, 0.05) is 6.42 Å². The average Bonchev–Trinajstić information content (AvgIpc) is 2.38. The summed E-state index contributed by atoms with van der Waals surface area (Å²) < 4.78 is 0. The van der Waals surface area contributed by atoms with Gasteiger partial charge in [0.15, 0.2) is 0 Å². The van der Waals surface area contributed by atoms with Gasteiger partial charge in [0.25, 0.3) is 0 Å². The quantitative estimate of drug-likeness (QED) is 0.250. The van der Waals surface area contributed by atoms with Gasteiger partial charge in [0.2, 0.25) is 5.79 Å². The van der Waals surface area contributed by atoms with E-state index in [4.69, 9.17) is 15.3 Å².